The van der Waals surface area contributed by atoms with Crippen molar-refractivity contribution in [1.29, 1.82) is 0 Å². The molecular weight excluding hydrogens is 434 g/mol. The Kier molecular flexibility index (Phi) is 27.5. The summed E-state index contributed by atoms with van der Waals surface area (Å²) in [6.07, 6.45) is 30.5. The van der Waals surface area contributed by atoms with Crippen molar-refractivity contribution in [3.05, 3.63) is 0 Å². The van der Waals surface area contributed by atoms with Crippen LogP contribution in [-0.2, 0) is 4.79 Å². The number of amides is 1. The molecular formula is C31H63NO3. The van der Waals surface area contributed by atoms with E-state index in [9.17, 15) is 15.0 Å². The number of unbranched alkanes of at least 4 members (excludes halogenated alkanes) is 21. The van der Waals surface area contributed by atoms with Crippen LogP contribution in [0.5, 0.6) is 0 Å². The van der Waals surface area contributed by atoms with Crippen LogP contribution in [0.25, 0.3) is 0 Å². The molecule has 2 unspecified atom stereocenters. The second kappa shape index (κ2) is 28.0. The topological polar surface area (TPSA) is 69.6 Å². The summed E-state index contributed by atoms with van der Waals surface area (Å²) < 4.78 is 0. The first-order valence-electron chi connectivity index (χ1n) is 15.7. The SMILES string of the molecule is CCCCCCCCCCCCCCCCCCCCCC(=O)NC(CO)C(O)CCCCCC. The van der Waals surface area contributed by atoms with E-state index in [1.807, 2.05) is 0 Å². The number of hydrogen-bond acceptors (Lipinski definition) is 3. The highest BCUT2D eigenvalue weighted by Crippen LogP contribution is 2.15. The summed E-state index contributed by atoms with van der Waals surface area (Å²) in [7, 11) is 0. The van der Waals surface area contributed by atoms with Crippen molar-refractivity contribution in [1.82, 2.24) is 5.32 Å². The van der Waals surface area contributed by atoms with Crippen molar-refractivity contribution in [2.24, 2.45) is 0 Å². The number of nitrogens with one attached hydrogen (secondary N) is 1. The first kappa shape index (κ1) is 34.4. The van der Waals surface area contributed by atoms with Crippen LogP contribution in [0.4, 0.5) is 0 Å². The van der Waals surface area contributed by atoms with Gasteiger partial charge < -0.3 is 15.5 Å². The molecule has 1 amide bonds. The number of rotatable bonds is 28. The molecule has 0 saturated carbocycles. The van der Waals surface area contributed by atoms with Crippen LogP contribution in [0, 0.1) is 0 Å². The van der Waals surface area contributed by atoms with E-state index in [1.165, 1.54) is 116 Å². The molecule has 0 aromatic heterocycles. The summed E-state index contributed by atoms with van der Waals surface area (Å²) in [6.45, 7) is 4.25. The molecule has 0 heterocycles. The van der Waals surface area contributed by atoms with Crippen LogP contribution in [0.3, 0.4) is 0 Å². The first-order chi connectivity index (χ1) is 17.2. The summed E-state index contributed by atoms with van der Waals surface area (Å²) in [5.41, 5.74) is 0. The van der Waals surface area contributed by atoms with Crippen LogP contribution in [-0.4, -0.2) is 34.9 Å². The molecule has 3 N–H and O–H groups in total. The highest BCUT2D eigenvalue weighted by Gasteiger charge is 2.19. The standard InChI is InChI=1S/C31H63NO3/c1-3-5-7-9-10-11-12-13-14-15-16-17-18-19-20-21-22-23-25-27-31(35)32-29(28-33)30(34)26-24-8-6-4-2/h29-30,33-34H,3-28H2,1-2H3,(H,32,35). The van der Waals surface area contributed by atoms with E-state index in [2.05, 4.69) is 19.2 Å². The summed E-state index contributed by atoms with van der Waals surface area (Å²) in [4.78, 5) is 12.1. The largest absolute Gasteiger partial charge is 0.394 e. The van der Waals surface area contributed by atoms with E-state index < -0.39 is 12.1 Å². The van der Waals surface area contributed by atoms with E-state index in [-0.39, 0.29) is 12.5 Å². The Hall–Kier alpha value is -0.610. The van der Waals surface area contributed by atoms with E-state index in [4.69, 9.17) is 0 Å². The smallest absolute Gasteiger partial charge is 0.220 e. The molecule has 2 atom stereocenters. The highest BCUT2D eigenvalue weighted by molar-refractivity contribution is 5.76. The molecule has 210 valence electrons. The number of aliphatic hydroxyl groups is 2. The van der Waals surface area contributed by atoms with Crippen molar-refractivity contribution in [2.75, 3.05) is 6.61 Å². The van der Waals surface area contributed by atoms with Gasteiger partial charge in [-0.1, -0.05) is 155 Å². The zero-order chi connectivity index (χ0) is 25.8. The molecule has 0 aliphatic rings. The Morgan fingerprint density at radius 1 is 0.571 bits per heavy atom. The van der Waals surface area contributed by atoms with Crippen molar-refractivity contribution in [3.8, 4) is 0 Å². The summed E-state index contributed by atoms with van der Waals surface area (Å²) in [5, 5.41) is 22.6. The molecule has 4 nitrogen and oxygen atoms in total. The van der Waals surface area contributed by atoms with Crippen molar-refractivity contribution in [3.63, 3.8) is 0 Å². The summed E-state index contributed by atoms with van der Waals surface area (Å²) >= 11 is 0. The molecule has 0 rings (SSSR count). The van der Waals surface area contributed by atoms with Gasteiger partial charge in [-0.3, -0.25) is 4.79 Å². The average Bonchev–Trinajstić information content (AvgIpc) is 2.86. The van der Waals surface area contributed by atoms with Crippen LogP contribution in [0.15, 0.2) is 0 Å². The molecule has 35 heavy (non-hydrogen) atoms. The lowest BCUT2D eigenvalue weighted by Crippen LogP contribution is -2.45. The Labute approximate surface area is 219 Å². The fraction of sp³-hybridized carbons (Fsp3) is 0.968. The maximum absolute atomic E-state index is 12.1. The van der Waals surface area contributed by atoms with Gasteiger partial charge in [0.2, 0.25) is 5.91 Å². The zero-order valence-electron chi connectivity index (χ0n) is 23.8. The van der Waals surface area contributed by atoms with Gasteiger partial charge in [0.15, 0.2) is 0 Å². The summed E-state index contributed by atoms with van der Waals surface area (Å²) in [5.74, 6) is -0.0383. The van der Waals surface area contributed by atoms with E-state index >= 15 is 0 Å². The number of hydrogen-bond donors (Lipinski definition) is 3. The molecule has 0 bridgehead atoms. The second-order valence-electron chi connectivity index (χ2n) is 10.9. The molecule has 0 aliphatic carbocycles. The van der Waals surface area contributed by atoms with Gasteiger partial charge in [-0.25, -0.2) is 0 Å². The molecule has 0 saturated heterocycles. The maximum Gasteiger partial charge on any atom is 0.220 e. The van der Waals surface area contributed by atoms with Crippen LogP contribution < -0.4 is 5.32 Å². The van der Waals surface area contributed by atoms with Gasteiger partial charge in [-0.15, -0.1) is 0 Å². The number of carbonyl (C=O) groups excluding carboxylic acids is 1. The molecule has 0 radical (unpaired) electrons. The van der Waals surface area contributed by atoms with Crippen LogP contribution >= 0.6 is 0 Å². The molecule has 0 spiro atoms. The lowest BCUT2D eigenvalue weighted by atomic mass is 10.0. The quantitative estimate of drug-likeness (QED) is 0.0947. The van der Waals surface area contributed by atoms with Crippen LogP contribution in [0.1, 0.15) is 174 Å². The Bertz CT molecular complexity index is 429. The third-order valence-electron chi connectivity index (χ3n) is 7.37. The van der Waals surface area contributed by atoms with Gasteiger partial charge in [0.1, 0.15) is 0 Å². The maximum atomic E-state index is 12.1. The highest BCUT2D eigenvalue weighted by atomic mass is 16.3. The van der Waals surface area contributed by atoms with Crippen molar-refractivity contribution < 1.29 is 15.0 Å². The third kappa shape index (κ3) is 24.8. The number of aliphatic hydroxyl groups excluding tert-OH is 2. The molecule has 0 aromatic rings. The Balaban J connectivity index is 3.40. The second-order valence-corrected chi connectivity index (χ2v) is 10.9. The lowest BCUT2D eigenvalue weighted by molar-refractivity contribution is -0.123. The zero-order valence-corrected chi connectivity index (χ0v) is 23.8. The predicted octanol–water partition coefficient (Wildman–Crippen LogP) is 8.62. The van der Waals surface area contributed by atoms with Gasteiger partial charge in [-0.05, 0) is 12.8 Å². The van der Waals surface area contributed by atoms with E-state index in [0.717, 1.165) is 32.1 Å². The third-order valence-corrected chi connectivity index (χ3v) is 7.37. The Morgan fingerprint density at radius 3 is 1.29 bits per heavy atom. The predicted molar refractivity (Wildman–Crippen MR) is 152 cm³/mol. The van der Waals surface area contributed by atoms with Crippen molar-refractivity contribution >= 4 is 5.91 Å². The van der Waals surface area contributed by atoms with E-state index in [0.29, 0.717) is 12.8 Å². The average molecular weight is 498 g/mol. The fourth-order valence-electron chi connectivity index (χ4n) is 4.89. The van der Waals surface area contributed by atoms with Gasteiger partial charge in [0, 0.05) is 6.42 Å². The Morgan fingerprint density at radius 2 is 0.914 bits per heavy atom. The van der Waals surface area contributed by atoms with Gasteiger partial charge in [0.25, 0.3) is 0 Å². The monoisotopic (exact) mass is 497 g/mol. The molecule has 0 fully saturated rings. The molecule has 0 aliphatic heterocycles. The van der Waals surface area contributed by atoms with Crippen molar-refractivity contribution in [2.45, 2.75) is 187 Å². The van der Waals surface area contributed by atoms with Gasteiger partial charge in [0.05, 0.1) is 18.8 Å². The van der Waals surface area contributed by atoms with Crippen LogP contribution in [0.2, 0.25) is 0 Å². The lowest BCUT2D eigenvalue weighted by Gasteiger charge is -2.22. The minimum absolute atomic E-state index is 0.0383. The minimum atomic E-state index is -0.647. The minimum Gasteiger partial charge on any atom is -0.394 e. The molecule has 0 aromatic carbocycles. The van der Waals surface area contributed by atoms with Gasteiger partial charge >= 0.3 is 0 Å². The number of carbonyl (C=O) groups is 1. The van der Waals surface area contributed by atoms with Gasteiger partial charge in [-0.2, -0.15) is 0 Å². The normalized spacial score (nSPS) is 13.1. The first-order valence-corrected chi connectivity index (χ1v) is 15.7. The fourth-order valence-corrected chi connectivity index (χ4v) is 4.89. The summed E-state index contributed by atoms with van der Waals surface area (Å²) in [6, 6.07) is -0.524. The molecule has 4 heteroatoms. The van der Waals surface area contributed by atoms with E-state index in [1.54, 1.807) is 0 Å².